The Bertz CT molecular complexity index is 1110. The maximum atomic E-state index is 14.9. The van der Waals surface area contributed by atoms with Gasteiger partial charge in [0.25, 0.3) is 11.8 Å². The highest BCUT2D eigenvalue weighted by molar-refractivity contribution is 7.80. The highest BCUT2D eigenvalue weighted by Crippen LogP contribution is 2.28. The Hall–Kier alpha value is -3.06. The maximum absolute atomic E-state index is 14.9. The zero-order chi connectivity index (χ0) is 22.1. The van der Waals surface area contributed by atoms with E-state index in [0.717, 1.165) is 42.7 Å². The van der Waals surface area contributed by atoms with Gasteiger partial charge in [0.05, 0.1) is 5.69 Å². The number of hydrogen-bond donors (Lipinski definition) is 1. The third kappa shape index (κ3) is 4.23. The molecule has 2 saturated heterocycles. The zero-order valence-electron chi connectivity index (χ0n) is 17.6. The van der Waals surface area contributed by atoms with Crippen molar-refractivity contribution in [2.45, 2.75) is 33.1 Å². The Morgan fingerprint density at radius 1 is 1.03 bits per heavy atom. The number of carbonyl (C=O) groups excluding carboxylic acids is 2. The molecule has 7 heteroatoms. The Kier molecular flexibility index (Phi) is 5.87. The molecule has 0 atom stereocenters. The van der Waals surface area contributed by atoms with Crippen molar-refractivity contribution in [2.75, 3.05) is 22.9 Å². The number of rotatable bonds is 3. The molecule has 4 rings (SSSR count). The summed E-state index contributed by atoms with van der Waals surface area (Å²) in [5.74, 6) is -1.67. The molecule has 0 saturated carbocycles. The summed E-state index contributed by atoms with van der Waals surface area (Å²) in [6, 6.07) is 10.5. The zero-order valence-corrected chi connectivity index (χ0v) is 18.4. The van der Waals surface area contributed by atoms with Crippen molar-refractivity contribution < 1.29 is 14.0 Å². The Labute approximate surface area is 186 Å². The number of benzene rings is 2. The van der Waals surface area contributed by atoms with Gasteiger partial charge >= 0.3 is 0 Å². The molecule has 2 aliphatic rings. The first kappa shape index (κ1) is 21.2. The van der Waals surface area contributed by atoms with E-state index < -0.39 is 17.6 Å². The molecule has 0 unspecified atom stereocenters. The molecule has 160 valence electrons. The lowest BCUT2D eigenvalue weighted by molar-refractivity contribution is -0.122. The van der Waals surface area contributed by atoms with Crippen LogP contribution in [-0.2, 0) is 9.59 Å². The standard InChI is InChI=1S/C24H24FN3O2S/c1-15-6-9-21(16(2)12-15)28-23(30)19(22(29)26-24(28)31)13-17-7-8-18(14-20(17)25)27-10-4-3-5-11-27/h6-9,12-14H,3-5,10-11H2,1-2H3,(H,26,29,31)/b19-13+. The van der Waals surface area contributed by atoms with Gasteiger partial charge in [-0.15, -0.1) is 0 Å². The largest absolute Gasteiger partial charge is 0.371 e. The average Bonchev–Trinajstić information content (AvgIpc) is 2.74. The van der Waals surface area contributed by atoms with Crippen LogP contribution in [0.4, 0.5) is 15.8 Å². The number of nitrogens with zero attached hydrogens (tertiary/aromatic N) is 2. The molecule has 0 aliphatic carbocycles. The van der Waals surface area contributed by atoms with E-state index in [1.165, 1.54) is 23.5 Å². The minimum atomic E-state index is -0.629. The van der Waals surface area contributed by atoms with Crippen LogP contribution in [0.2, 0.25) is 0 Å². The molecule has 1 N–H and O–H groups in total. The third-order valence-electron chi connectivity index (χ3n) is 5.70. The SMILES string of the molecule is Cc1ccc(N2C(=O)/C(=C/c3ccc(N4CCCCC4)cc3F)C(=O)NC2=S)c(C)c1. The number of nitrogens with one attached hydrogen (secondary N) is 1. The van der Waals surface area contributed by atoms with Crippen LogP contribution in [-0.4, -0.2) is 30.0 Å². The molecule has 5 nitrogen and oxygen atoms in total. The van der Waals surface area contributed by atoms with Gasteiger partial charge in [-0.3, -0.25) is 19.8 Å². The minimum Gasteiger partial charge on any atom is -0.371 e. The maximum Gasteiger partial charge on any atom is 0.270 e. The smallest absolute Gasteiger partial charge is 0.270 e. The number of thiocarbonyl (C=S) groups is 1. The van der Waals surface area contributed by atoms with E-state index in [-0.39, 0.29) is 16.2 Å². The quantitative estimate of drug-likeness (QED) is 0.443. The molecule has 0 aromatic heterocycles. The Morgan fingerprint density at radius 2 is 1.77 bits per heavy atom. The lowest BCUT2D eigenvalue weighted by Crippen LogP contribution is -2.54. The van der Waals surface area contributed by atoms with Crippen molar-refractivity contribution in [1.29, 1.82) is 0 Å². The summed E-state index contributed by atoms with van der Waals surface area (Å²) >= 11 is 5.25. The van der Waals surface area contributed by atoms with E-state index in [4.69, 9.17) is 12.2 Å². The summed E-state index contributed by atoms with van der Waals surface area (Å²) in [7, 11) is 0. The number of anilines is 2. The van der Waals surface area contributed by atoms with Crippen LogP contribution in [0.25, 0.3) is 6.08 Å². The predicted octanol–water partition coefficient (Wildman–Crippen LogP) is 4.26. The molecule has 2 aromatic carbocycles. The first-order valence-electron chi connectivity index (χ1n) is 10.4. The van der Waals surface area contributed by atoms with Gasteiger partial charge in [0, 0.05) is 24.3 Å². The number of halogens is 1. The van der Waals surface area contributed by atoms with Gasteiger partial charge in [0.1, 0.15) is 11.4 Å². The van der Waals surface area contributed by atoms with Crippen molar-refractivity contribution in [2.24, 2.45) is 0 Å². The summed E-state index contributed by atoms with van der Waals surface area (Å²) in [5.41, 5.74) is 3.34. The number of amides is 2. The summed E-state index contributed by atoms with van der Waals surface area (Å²) in [6.07, 6.45) is 4.68. The van der Waals surface area contributed by atoms with E-state index in [1.807, 2.05) is 32.0 Å². The Morgan fingerprint density at radius 3 is 2.45 bits per heavy atom. The normalized spacial score (nSPS) is 18.5. The summed E-state index contributed by atoms with van der Waals surface area (Å²) in [6.45, 7) is 5.64. The van der Waals surface area contributed by atoms with Gasteiger partial charge in [0.2, 0.25) is 0 Å². The highest BCUT2D eigenvalue weighted by Gasteiger charge is 2.35. The van der Waals surface area contributed by atoms with Crippen LogP contribution >= 0.6 is 12.2 Å². The van der Waals surface area contributed by atoms with Crippen molar-refractivity contribution >= 4 is 46.6 Å². The molecule has 2 aromatic rings. The Balaban J connectivity index is 1.67. The van der Waals surface area contributed by atoms with E-state index in [2.05, 4.69) is 10.2 Å². The first-order chi connectivity index (χ1) is 14.8. The molecule has 2 heterocycles. The summed E-state index contributed by atoms with van der Waals surface area (Å²) in [5, 5.41) is 2.57. The lowest BCUT2D eigenvalue weighted by atomic mass is 10.0. The second kappa shape index (κ2) is 8.59. The van der Waals surface area contributed by atoms with E-state index in [0.29, 0.717) is 5.69 Å². The minimum absolute atomic E-state index is 0.0139. The van der Waals surface area contributed by atoms with Crippen LogP contribution in [0.1, 0.15) is 36.0 Å². The molecule has 0 spiro atoms. The molecule has 2 fully saturated rings. The van der Waals surface area contributed by atoms with Crippen molar-refractivity contribution in [3.05, 3.63) is 64.5 Å². The fraction of sp³-hybridized carbons (Fsp3) is 0.292. The van der Waals surface area contributed by atoms with Crippen LogP contribution in [0.15, 0.2) is 42.0 Å². The molecular formula is C24H24FN3O2S. The number of carbonyl (C=O) groups is 2. The van der Waals surface area contributed by atoms with Gasteiger partial charge in [-0.25, -0.2) is 4.39 Å². The van der Waals surface area contributed by atoms with Crippen LogP contribution in [0.5, 0.6) is 0 Å². The van der Waals surface area contributed by atoms with Crippen LogP contribution in [0, 0.1) is 19.7 Å². The first-order valence-corrected chi connectivity index (χ1v) is 10.8. The highest BCUT2D eigenvalue weighted by atomic mass is 32.1. The van der Waals surface area contributed by atoms with Crippen molar-refractivity contribution in [1.82, 2.24) is 5.32 Å². The number of hydrogen-bond acceptors (Lipinski definition) is 4. The van der Waals surface area contributed by atoms with E-state index in [1.54, 1.807) is 12.1 Å². The summed E-state index contributed by atoms with van der Waals surface area (Å²) in [4.78, 5) is 29.2. The fourth-order valence-electron chi connectivity index (χ4n) is 4.07. The van der Waals surface area contributed by atoms with Crippen LogP contribution in [0.3, 0.4) is 0 Å². The summed E-state index contributed by atoms with van der Waals surface area (Å²) < 4.78 is 14.9. The van der Waals surface area contributed by atoms with Gasteiger partial charge in [-0.2, -0.15) is 0 Å². The fourth-order valence-corrected chi connectivity index (χ4v) is 4.34. The second-order valence-electron chi connectivity index (χ2n) is 8.00. The molecule has 2 amide bonds. The van der Waals surface area contributed by atoms with E-state index >= 15 is 0 Å². The molecule has 0 radical (unpaired) electrons. The van der Waals surface area contributed by atoms with Gasteiger partial charge < -0.3 is 4.90 Å². The molecular weight excluding hydrogens is 413 g/mol. The molecule has 2 aliphatic heterocycles. The topological polar surface area (TPSA) is 52.7 Å². The number of aryl methyl sites for hydroxylation is 2. The molecule has 0 bridgehead atoms. The molecule has 31 heavy (non-hydrogen) atoms. The average molecular weight is 438 g/mol. The van der Waals surface area contributed by atoms with Gasteiger partial charge in [-0.05, 0) is 81.2 Å². The van der Waals surface area contributed by atoms with Gasteiger partial charge in [-0.1, -0.05) is 17.7 Å². The van der Waals surface area contributed by atoms with E-state index in [9.17, 15) is 14.0 Å². The van der Waals surface area contributed by atoms with Crippen molar-refractivity contribution in [3.63, 3.8) is 0 Å². The lowest BCUT2D eigenvalue weighted by Gasteiger charge is -2.30. The van der Waals surface area contributed by atoms with Crippen LogP contribution < -0.4 is 15.1 Å². The van der Waals surface area contributed by atoms with Crippen molar-refractivity contribution in [3.8, 4) is 0 Å². The monoisotopic (exact) mass is 437 g/mol. The predicted molar refractivity (Wildman–Crippen MR) is 125 cm³/mol. The number of piperidine rings is 1. The van der Waals surface area contributed by atoms with Gasteiger partial charge in [0.15, 0.2) is 5.11 Å². The third-order valence-corrected chi connectivity index (χ3v) is 5.98. The second-order valence-corrected chi connectivity index (χ2v) is 8.39.